The van der Waals surface area contributed by atoms with Gasteiger partial charge in [-0.3, -0.25) is 28.9 Å². The summed E-state index contributed by atoms with van der Waals surface area (Å²) in [5.41, 5.74) is 5.33. The van der Waals surface area contributed by atoms with E-state index in [4.69, 9.17) is 14.2 Å². The van der Waals surface area contributed by atoms with Gasteiger partial charge in [0, 0.05) is 54.4 Å². The van der Waals surface area contributed by atoms with Gasteiger partial charge in [0.15, 0.2) is 5.60 Å². The first-order valence-corrected chi connectivity index (χ1v) is 32.0. The summed E-state index contributed by atoms with van der Waals surface area (Å²) >= 11 is 0. The molecule has 4 aliphatic rings. The van der Waals surface area contributed by atoms with Crippen molar-refractivity contribution in [2.75, 3.05) is 60.8 Å². The van der Waals surface area contributed by atoms with E-state index < -0.39 is 49.6 Å². The number of halogens is 1. The van der Waals surface area contributed by atoms with Gasteiger partial charge in [-0.25, -0.2) is 0 Å². The molecule has 1 fully saturated rings. The number of ether oxygens (including phenoxy) is 3. The first-order chi connectivity index (χ1) is 39.7. The number of aryl methyl sites for hydroxylation is 1. The second kappa shape index (κ2) is 25.3. The van der Waals surface area contributed by atoms with E-state index in [9.17, 15) is 24.9 Å². The van der Waals surface area contributed by atoms with E-state index in [1.165, 1.54) is 0 Å². The molecule has 5 N–H and O–H groups in total. The molecule has 5 heterocycles. The molecule has 10 rings (SSSR count). The van der Waals surface area contributed by atoms with Crippen LogP contribution in [0.15, 0.2) is 115 Å². The number of rotatable bonds is 25. The van der Waals surface area contributed by atoms with Crippen LogP contribution in [0.3, 0.4) is 0 Å². The standard InChI is InChI=1S/C63H77FN8O9Si/c1-6-79-48-21-24-55-44(33-48)35-52(65-27-11-13-30-73)60(76)71(55)46-19-15-16-42(32-46)38-70-57-23-20-47(72-56-25-22-49(80-7-2)34-45(56)36-53(61(72)77)66-28-12-14-31-74)37-51(57)63(62(70)78)41(3)59(82(4,5)64)58(81-63)26-29-69-39-54(67-68-69)50(40-75)43-17-9-8-10-18-43/h8-10,15-25,32-34,37,39,41,50,52-53,58-59,65-66,73-75H,6-7,11-14,26-31,35-36,38,40H2,1-5H3/t41-,50?,52?,53?,58+,59-,63+/m0/s1. The van der Waals surface area contributed by atoms with Crippen molar-refractivity contribution in [3.8, 4) is 11.5 Å². The molecule has 3 amide bonds. The van der Waals surface area contributed by atoms with Crippen molar-refractivity contribution < 1.29 is 48.0 Å². The molecule has 0 saturated carbocycles. The van der Waals surface area contributed by atoms with Crippen LogP contribution in [0.5, 0.6) is 11.5 Å². The number of anilines is 5. The third kappa shape index (κ3) is 11.6. The van der Waals surface area contributed by atoms with E-state index in [-0.39, 0.29) is 44.1 Å². The van der Waals surface area contributed by atoms with Gasteiger partial charge in [0.1, 0.15) is 11.5 Å². The minimum atomic E-state index is -3.66. The fourth-order valence-electron chi connectivity index (χ4n) is 12.9. The lowest BCUT2D eigenvalue weighted by Gasteiger charge is -2.36. The van der Waals surface area contributed by atoms with Crippen molar-refractivity contribution in [2.24, 2.45) is 5.92 Å². The van der Waals surface area contributed by atoms with E-state index >= 15 is 8.90 Å². The normalized spacial score (nSPS) is 21.7. The third-order valence-electron chi connectivity index (χ3n) is 16.7. The number of benzene rings is 5. The molecule has 1 saturated heterocycles. The maximum Gasteiger partial charge on any atom is 0.264 e. The number of nitrogens with one attached hydrogen (secondary N) is 2. The topological polar surface area (TPSA) is 204 Å². The SMILES string of the molecule is CCOc1ccc2c(c1)CC(NCCCCO)C(=O)N2c1cccc(CN2C(=O)[C@]3(O[C@H](CCn4cc(C(CO)c5ccccc5)nn4)[C@@H]([Si](C)(C)F)[C@@H]3C)c3cc(N4C(=O)C(NCCCCO)Cc5cc(OCC)ccc54)ccc32)c1. The van der Waals surface area contributed by atoms with Crippen LogP contribution in [0.25, 0.3) is 0 Å². The molecular formula is C63H77FN8O9Si. The Bertz CT molecular complexity index is 3230. The van der Waals surface area contributed by atoms with Crippen LogP contribution in [0, 0.1) is 5.92 Å². The summed E-state index contributed by atoms with van der Waals surface area (Å²) in [7, 11) is -3.66. The minimum absolute atomic E-state index is 0.0463. The lowest BCUT2D eigenvalue weighted by molar-refractivity contribution is -0.146. The number of carbonyl (C=O) groups is 3. The molecular weight excluding hydrogens is 1060 g/mol. The predicted molar refractivity (Wildman–Crippen MR) is 315 cm³/mol. The first kappa shape index (κ1) is 58.4. The van der Waals surface area contributed by atoms with E-state index in [0.29, 0.717) is 123 Å². The number of unbranched alkanes of at least 4 members (excludes halogenated alkanes) is 2. The van der Waals surface area contributed by atoms with Crippen molar-refractivity contribution in [1.29, 1.82) is 0 Å². The second-order valence-corrected chi connectivity index (χ2v) is 26.2. The van der Waals surface area contributed by atoms with Crippen LogP contribution in [-0.2, 0) is 50.7 Å². The summed E-state index contributed by atoms with van der Waals surface area (Å²) in [6.45, 7) is 11.4. The fraction of sp³-hybridized carbons (Fsp3) is 0.444. The van der Waals surface area contributed by atoms with Gasteiger partial charge in [-0.05, 0) is 174 Å². The molecule has 17 nitrogen and oxygen atoms in total. The van der Waals surface area contributed by atoms with Gasteiger partial charge < -0.3 is 49.2 Å². The highest BCUT2D eigenvalue weighted by molar-refractivity contribution is 6.72. The largest absolute Gasteiger partial charge is 0.494 e. The van der Waals surface area contributed by atoms with Crippen LogP contribution < -0.4 is 34.8 Å². The fourth-order valence-corrected chi connectivity index (χ4v) is 15.5. The zero-order valence-electron chi connectivity index (χ0n) is 47.6. The molecule has 5 aromatic carbocycles. The maximum atomic E-state index is 17.4. The van der Waals surface area contributed by atoms with Crippen LogP contribution >= 0.6 is 0 Å². The Morgan fingerprint density at radius 3 is 1.91 bits per heavy atom. The number of hydrogen-bond donors (Lipinski definition) is 5. The highest BCUT2D eigenvalue weighted by Crippen LogP contribution is 2.61. The number of aliphatic hydroxyl groups is 3. The molecule has 4 aliphatic heterocycles. The van der Waals surface area contributed by atoms with Crippen molar-refractivity contribution in [3.05, 3.63) is 149 Å². The number of nitrogens with zero attached hydrogens (tertiary/aromatic N) is 6. The molecule has 0 bridgehead atoms. The van der Waals surface area contributed by atoms with Crippen molar-refractivity contribution >= 4 is 54.6 Å². The van der Waals surface area contributed by atoms with Crippen LogP contribution in [0.1, 0.15) is 92.3 Å². The lowest BCUT2D eigenvalue weighted by atomic mass is 9.82. The first-order valence-electron chi connectivity index (χ1n) is 29.1. The third-order valence-corrected chi connectivity index (χ3v) is 19.2. The Hall–Kier alpha value is -6.84. The predicted octanol–water partition coefficient (Wildman–Crippen LogP) is 8.51. The molecule has 0 radical (unpaired) electrons. The highest BCUT2D eigenvalue weighted by Gasteiger charge is 2.67. The molecule has 3 unspecified atom stereocenters. The zero-order chi connectivity index (χ0) is 57.7. The number of hydrogen-bond acceptors (Lipinski definition) is 13. The van der Waals surface area contributed by atoms with E-state index in [1.54, 1.807) is 38.7 Å². The van der Waals surface area contributed by atoms with E-state index in [0.717, 1.165) is 27.9 Å². The average Bonchev–Trinajstić information content (AvgIpc) is 2.34. The molecule has 1 aromatic heterocycles. The van der Waals surface area contributed by atoms with Crippen LogP contribution in [0.2, 0.25) is 18.6 Å². The van der Waals surface area contributed by atoms with Crippen LogP contribution in [-0.4, -0.2) is 121 Å². The van der Waals surface area contributed by atoms with Crippen molar-refractivity contribution in [1.82, 2.24) is 25.6 Å². The van der Waals surface area contributed by atoms with Gasteiger partial charge in [0.25, 0.3) is 5.91 Å². The molecule has 1 spiro atoms. The van der Waals surface area contributed by atoms with Gasteiger partial charge >= 0.3 is 0 Å². The Morgan fingerprint density at radius 2 is 1.34 bits per heavy atom. The number of fused-ring (bicyclic) bond motifs is 4. The number of aromatic nitrogens is 3. The molecule has 7 atom stereocenters. The Morgan fingerprint density at radius 1 is 0.744 bits per heavy atom. The van der Waals surface area contributed by atoms with Gasteiger partial charge in [-0.1, -0.05) is 54.6 Å². The monoisotopic (exact) mass is 1140 g/mol. The smallest absolute Gasteiger partial charge is 0.264 e. The molecule has 19 heteroatoms. The van der Waals surface area contributed by atoms with Gasteiger partial charge in [0.2, 0.25) is 20.2 Å². The van der Waals surface area contributed by atoms with Gasteiger partial charge in [0.05, 0.1) is 73.2 Å². The molecule has 82 heavy (non-hydrogen) atoms. The highest BCUT2D eigenvalue weighted by atomic mass is 28.4. The quantitative estimate of drug-likeness (QED) is 0.0208. The Kier molecular flexibility index (Phi) is 18.0. The average molecular weight is 1140 g/mol. The maximum absolute atomic E-state index is 17.4. The molecule has 0 aliphatic carbocycles. The van der Waals surface area contributed by atoms with Gasteiger partial charge in [-0.15, -0.1) is 5.10 Å². The summed E-state index contributed by atoms with van der Waals surface area (Å²) in [4.78, 5) is 50.9. The summed E-state index contributed by atoms with van der Waals surface area (Å²) in [5.74, 6) is -0.357. The minimum Gasteiger partial charge on any atom is -0.494 e. The Balaban J connectivity index is 1.04. The second-order valence-electron chi connectivity index (χ2n) is 22.5. The van der Waals surface area contributed by atoms with E-state index in [1.807, 2.05) is 130 Å². The van der Waals surface area contributed by atoms with Gasteiger partial charge in [-0.2, -0.15) is 0 Å². The summed E-state index contributed by atoms with van der Waals surface area (Å²) in [6.07, 6.45) is 4.82. The lowest BCUT2D eigenvalue weighted by Crippen LogP contribution is -2.49. The van der Waals surface area contributed by atoms with Crippen molar-refractivity contribution in [2.45, 2.75) is 127 Å². The summed E-state index contributed by atoms with van der Waals surface area (Å²) in [5, 5.41) is 45.3. The Labute approximate surface area is 480 Å². The molecule has 6 aromatic rings. The van der Waals surface area contributed by atoms with Crippen molar-refractivity contribution in [3.63, 3.8) is 0 Å². The summed E-state index contributed by atoms with van der Waals surface area (Å²) in [6, 6.07) is 33.2. The van der Waals surface area contributed by atoms with Crippen LogP contribution in [0.4, 0.5) is 32.5 Å². The number of aliphatic hydroxyl groups excluding tert-OH is 3. The number of amides is 3. The van der Waals surface area contributed by atoms with E-state index in [2.05, 4.69) is 20.9 Å². The zero-order valence-corrected chi connectivity index (χ0v) is 48.6. The molecule has 434 valence electrons. The summed E-state index contributed by atoms with van der Waals surface area (Å²) < 4.78 is 38.3. The number of carbonyl (C=O) groups excluding carboxylic acids is 3.